The summed E-state index contributed by atoms with van der Waals surface area (Å²) < 4.78 is 3.81. The molecule has 0 aliphatic rings. The molecule has 3 rings (SSSR count). The molecule has 10 heteroatoms. The first-order chi connectivity index (χ1) is 11.8. The maximum atomic E-state index is 12.3. The van der Waals surface area contributed by atoms with Crippen LogP contribution in [0.15, 0.2) is 32.9 Å². The number of anilines is 1. The van der Waals surface area contributed by atoms with Crippen LogP contribution in [0.1, 0.15) is 5.56 Å². The number of fused-ring (bicyclic) bond motifs is 1. The van der Waals surface area contributed by atoms with Gasteiger partial charge in [0.1, 0.15) is 5.75 Å². The summed E-state index contributed by atoms with van der Waals surface area (Å²) >= 11 is 5.88. The highest BCUT2D eigenvalue weighted by atomic mass is 35.5. The standard InChI is InChI=1S/C15H15ClN6O3/c1-20-11-12(21(2)15(25)22(3)13(11)24)18-14(20)19-17-7-8-6-9(16)4-5-10(8)23/h4-7,23H,1-3H3,(H,18,19). The van der Waals surface area contributed by atoms with Crippen molar-refractivity contribution in [3.63, 3.8) is 0 Å². The monoisotopic (exact) mass is 362 g/mol. The molecule has 0 atom stereocenters. The molecule has 2 heterocycles. The van der Waals surface area contributed by atoms with Gasteiger partial charge in [-0.2, -0.15) is 10.1 Å². The van der Waals surface area contributed by atoms with Crippen molar-refractivity contribution in [2.45, 2.75) is 0 Å². The Morgan fingerprint density at radius 3 is 2.64 bits per heavy atom. The van der Waals surface area contributed by atoms with Crippen molar-refractivity contribution in [1.29, 1.82) is 0 Å². The molecule has 9 nitrogen and oxygen atoms in total. The molecular weight excluding hydrogens is 348 g/mol. The maximum Gasteiger partial charge on any atom is 0.332 e. The fourth-order valence-electron chi connectivity index (χ4n) is 2.41. The number of phenolic OH excluding ortho intramolecular Hbond substituents is 1. The quantitative estimate of drug-likeness (QED) is 0.529. The molecule has 0 amide bonds. The van der Waals surface area contributed by atoms with E-state index in [4.69, 9.17) is 11.6 Å². The van der Waals surface area contributed by atoms with E-state index in [0.29, 0.717) is 10.6 Å². The average Bonchev–Trinajstić information content (AvgIpc) is 2.91. The van der Waals surface area contributed by atoms with E-state index < -0.39 is 11.2 Å². The molecule has 2 N–H and O–H groups in total. The molecule has 3 aromatic rings. The number of imidazole rings is 1. The highest BCUT2D eigenvalue weighted by Crippen LogP contribution is 2.20. The fraction of sp³-hybridized carbons (Fsp3) is 0.200. The van der Waals surface area contributed by atoms with Gasteiger partial charge in [-0.25, -0.2) is 10.2 Å². The van der Waals surface area contributed by atoms with Crippen molar-refractivity contribution in [2.24, 2.45) is 26.2 Å². The summed E-state index contributed by atoms with van der Waals surface area (Å²) in [7, 11) is 4.58. The minimum absolute atomic E-state index is 0.0243. The second-order valence-electron chi connectivity index (χ2n) is 5.45. The Morgan fingerprint density at radius 2 is 1.92 bits per heavy atom. The normalized spacial score (nSPS) is 11.5. The molecule has 2 aromatic heterocycles. The Morgan fingerprint density at radius 1 is 1.20 bits per heavy atom. The van der Waals surface area contributed by atoms with Crippen molar-refractivity contribution in [3.05, 3.63) is 49.6 Å². The lowest BCUT2D eigenvalue weighted by molar-refractivity contribution is 0.474. The fourth-order valence-corrected chi connectivity index (χ4v) is 2.59. The predicted molar refractivity (Wildman–Crippen MR) is 95.5 cm³/mol. The number of nitrogens with zero attached hydrogens (tertiary/aromatic N) is 5. The van der Waals surface area contributed by atoms with Crippen molar-refractivity contribution >= 4 is 34.9 Å². The number of aromatic hydroxyl groups is 1. The van der Waals surface area contributed by atoms with E-state index in [9.17, 15) is 14.7 Å². The third-order valence-electron chi connectivity index (χ3n) is 3.83. The molecule has 0 aliphatic heterocycles. The lowest BCUT2D eigenvalue weighted by atomic mass is 10.2. The van der Waals surface area contributed by atoms with Gasteiger partial charge in [0.05, 0.1) is 6.21 Å². The van der Waals surface area contributed by atoms with Gasteiger partial charge in [0.2, 0.25) is 5.95 Å². The third-order valence-corrected chi connectivity index (χ3v) is 4.07. The highest BCUT2D eigenvalue weighted by molar-refractivity contribution is 6.30. The summed E-state index contributed by atoms with van der Waals surface area (Å²) in [5.41, 5.74) is 2.72. The van der Waals surface area contributed by atoms with E-state index in [1.165, 1.54) is 35.5 Å². The molecule has 0 spiro atoms. The van der Waals surface area contributed by atoms with Crippen molar-refractivity contribution in [3.8, 4) is 5.75 Å². The lowest BCUT2D eigenvalue weighted by Gasteiger charge is -2.03. The van der Waals surface area contributed by atoms with Gasteiger partial charge in [-0.1, -0.05) is 11.6 Å². The summed E-state index contributed by atoms with van der Waals surface area (Å²) in [6.07, 6.45) is 1.37. The average molecular weight is 363 g/mol. The van der Waals surface area contributed by atoms with E-state index in [1.54, 1.807) is 19.2 Å². The molecule has 25 heavy (non-hydrogen) atoms. The number of nitrogens with one attached hydrogen (secondary N) is 1. The van der Waals surface area contributed by atoms with E-state index in [2.05, 4.69) is 15.5 Å². The van der Waals surface area contributed by atoms with Gasteiger partial charge < -0.3 is 9.67 Å². The Labute approximate surface area is 146 Å². The molecular formula is C15H15ClN6O3. The second-order valence-corrected chi connectivity index (χ2v) is 5.88. The van der Waals surface area contributed by atoms with Crippen LogP contribution < -0.4 is 16.7 Å². The van der Waals surface area contributed by atoms with E-state index in [0.717, 1.165) is 4.57 Å². The van der Waals surface area contributed by atoms with Gasteiger partial charge in [0.15, 0.2) is 11.2 Å². The summed E-state index contributed by atoms with van der Waals surface area (Å²) in [5, 5.41) is 14.2. The van der Waals surface area contributed by atoms with Gasteiger partial charge in [-0.15, -0.1) is 0 Å². The molecule has 0 bridgehead atoms. The summed E-state index contributed by atoms with van der Waals surface area (Å²) in [6.45, 7) is 0. The molecule has 0 radical (unpaired) electrons. The van der Waals surface area contributed by atoms with E-state index in [-0.39, 0.29) is 22.9 Å². The topological polar surface area (TPSA) is 106 Å². The van der Waals surface area contributed by atoms with Gasteiger partial charge >= 0.3 is 5.69 Å². The van der Waals surface area contributed by atoms with Crippen LogP contribution in [-0.4, -0.2) is 30.0 Å². The van der Waals surface area contributed by atoms with Gasteiger partial charge in [0, 0.05) is 31.7 Å². The van der Waals surface area contributed by atoms with Crippen LogP contribution >= 0.6 is 11.6 Å². The van der Waals surface area contributed by atoms with Crippen molar-refractivity contribution < 1.29 is 5.11 Å². The number of aryl methyl sites for hydroxylation is 2. The number of hydrazone groups is 1. The van der Waals surface area contributed by atoms with Crippen LogP contribution in [0.3, 0.4) is 0 Å². The molecule has 0 saturated carbocycles. The van der Waals surface area contributed by atoms with Gasteiger partial charge in [0.25, 0.3) is 5.56 Å². The van der Waals surface area contributed by atoms with Crippen LogP contribution in [0.4, 0.5) is 5.95 Å². The number of hydrogen-bond donors (Lipinski definition) is 2. The number of halogens is 1. The summed E-state index contributed by atoms with van der Waals surface area (Å²) in [6, 6.07) is 4.57. The minimum atomic E-state index is -0.463. The number of phenols is 1. The molecule has 130 valence electrons. The first-order valence-corrected chi connectivity index (χ1v) is 7.59. The van der Waals surface area contributed by atoms with Crippen LogP contribution in [-0.2, 0) is 21.1 Å². The van der Waals surface area contributed by atoms with Gasteiger partial charge in [-0.05, 0) is 18.2 Å². The largest absolute Gasteiger partial charge is 0.507 e. The third kappa shape index (κ3) is 2.78. The number of rotatable bonds is 3. The molecule has 0 aliphatic carbocycles. The number of benzene rings is 1. The zero-order valence-electron chi connectivity index (χ0n) is 13.7. The summed E-state index contributed by atoms with van der Waals surface area (Å²) in [5.74, 6) is 0.294. The minimum Gasteiger partial charge on any atom is -0.507 e. The second kappa shape index (κ2) is 6.10. The smallest absolute Gasteiger partial charge is 0.332 e. The Balaban J connectivity index is 2.02. The van der Waals surface area contributed by atoms with Crippen molar-refractivity contribution in [2.75, 3.05) is 5.43 Å². The highest BCUT2D eigenvalue weighted by Gasteiger charge is 2.16. The van der Waals surface area contributed by atoms with Gasteiger partial charge in [-0.3, -0.25) is 13.9 Å². The maximum absolute atomic E-state index is 12.3. The van der Waals surface area contributed by atoms with Crippen LogP contribution in [0.25, 0.3) is 11.2 Å². The SMILES string of the molecule is Cn1c(=O)c2c(nc(NN=Cc3cc(Cl)ccc3O)n2C)n(C)c1=O. The Bertz CT molecular complexity index is 1120. The Kier molecular flexibility index (Phi) is 4.09. The van der Waals surface area contributed by atoms with Crippen LogP contribution in [0.5, 0.6) is 5.75 Å². The zero-order chi connectivity index (χ0) is 18.3. The first-order valence-electron chi connectivity index (χ1n) is 7.21. The van der Waals surface area contributed by atoms with E-state index >= 15 is 0 Å². The predicted octanol–water partition coefficient (Wildman–Crippen LogP) is 0.776. The molecule has 1 aromatic carbocycles. The molecule has 0 saturated heterocycles. The molecule has 0 fully saturated rings. The molecule has 0 unspecified atom stereocenters. The van der Waals surface area contributed by atoms with E-state index in [1.807, 2.05) is 0 Å². The Hall–Kier alpha value is -3.07. The van der Waals surface area contributed by atoms with Crippen LogP contribution in [0.2, 0.25) is 5.02 Å². The first kappa shape index (κ1) is 16.8. The zero-order valence-corrected chi connectivity index (χ0v) is 14.4. The van der Waals surface area contributed by atoms with Crippen molar-refractivity contribution in [1.82, 2.24) is 18.7 Å². The summed E-state index contributed by atoms with van der Waals surface area (Å²) in [4.78, 5) is 28.5. The number of hydrogen-bond acceptors (Lipinski definition) is 6. The van der Waals surface area contributed by atoms with Crippen LogP contribution in [0, 0.1) is 0 Å². The lowest BCUT2D eigenvalue weighted by Crippen LogP contribution is -2.37. The number of aromatic nitrogens is 4.